The van der Waals surface area contributed by atoms with Crippen molar-refractivity contribution in [1.82, 2.24) is 9.80 Å². The molecule has 0 bridgehead atoms. The zero-order chi connectivity index (χ0) is 13.9. The Kier molecular flexibility index (Phi) is 6.33. The average Bonchev–Trinajstić information content (AvgIpc) is 3.33. The summed E-state index contributed by atoms with van der Waals surface area (Å²) in [6.45, 7) is 4.38. The van der Waals surface area contributed by atoms with Gasteiger partial charge in [-0.05, 0) is 31.6 Å². The molecule has 0 radical (unpaired) electrons. The Morgan fingerprint density at radius 3 is 2.19 bits per heavy atom. The number of nitrogens with zero attached hydrogens (tertiary/aromatic N) is 2. The maximum absolute atomic E-state index is 12.5. The van der Waals surface area contributed by atoms with Crippen LogP contribution in [-0.4, -0.2) is 59.6 Å². The van der Waals surface area contributed by atoms with Crippen LogP contribution in [0.15, 0.2) is 0 Å². The molecule has 1 amide bonds. The minimum atomic E-state index is -0.143. The summed E-state index contributed by atoms with van der Waals surface area (Å²) in [6, 6.07) is 0. The highest BCUT2D eigenvalue weighted by molar-refractivity contribution is 5.85. The highest BCUT2D eigenvalue weighted by atomic mass is 35.5. The molecule has 0 aromatic heterocycles. The highest BCUT2D eigenvalue weighted by Crippen LogP contribution is 2.33. The predicted octanol–water partition coefficient (Wildman–Crippen LogP) is 1.90. The van der Waals surface area contributed by atoms with Crippen molar-refractivity contribution in [2.45, 2.75) is 51.0 Å². The van der Waals surface area contributed by atoms with Crippen LogP contribution in [0.3, 0.4) is 0 Å². The first-order chi connectivity index (χ1) is 9.74. The molecule has 3 rings (SSSR count). The molecule has 5 heteroatoms. The largest absolute Gasteiger partial charge is 0.392 e. The van der Waals surface area contributed by atoms with Crippen LogP contribution in [-0.2, 0) is 4.79 Å². The summed E-state index contributed by atoms with van der Waals surface area (Å²) in [5.74, 6) is 1.25. The lowest BCUT2D eigenvalue weighted by Gasteiger charge is -2.37. The standard InChI is InChI=1S/C16H28N2O2.ClH/c19-15(13-6-7-13)12-17-8-10-18(11-9-17)16(20)14-4-2-1-3-5-14;/h13-15,19H,1-12H2;1H. The van der Waals surface area contributed by atoms with Gasteiger partial charge in [0.25, 0.3) is 0 Å². The molecular formula is C16H29ClN2O2. The summed E-state index contributed by atoms with van der Waals surface area (Å²) in [4.78, 5) is 16.9. The Balaban J connectivity index is 0.00000161. The van der Waals surface area contributed by atoms with E-state index in [1.54, 1.807) is 0 Å². The lowest BCUT2D eigenvalue weighted by Crippen LogP contribution is -2.52. The lowest BCUT2D eigenvalue weighted by atomic mass is 9.88. The molecule has 1 heterocycles. The summed E-state index contributed by atoms with van der Waals surface area (Å²) in [5.41, 5.74) is 0. The van der Waals surface area contributed by atoms with Crippen LogP contribution < -0.4 is 0 Å². The summed E-state index contributed by atoms with van der Waals surface area (Å²) in [6.07, 6.45) is 8.20. The van der Waals surface area contributed by atoms with Crippen LogP contribution in [0.1, 0.15) is 44.9 Å². The van der Waals surface area contributed by atoms with Gasteiger partial charge in [0.05, 0.1) is 6.10 Å². The fourth-order valence-corrected chi connectivity index (χ4v) is 3.65. The van der Waals surface area contributed by atoms with Crippen molar-refractivity contribution in [1.29, 1.82) is 0 Å². The highest BCUT2D eigenvalue weighted by Gasteiger charge is 2.33. The van der Waals surface area contributed by atoms with Crippen molar-refractivity contribution < 1.29 is 9.90 Å². The molecule has 0 spiro atoms. The molecule has 2 saturated carbocycles. The zero-order valence-corrected chi connectivity index (χ0v) is 13.7. The quantitative estimate of drug-likeness (QED) is 0.861. The fourth-order valence-electron chi connectivity index (χ4n) is 3.65. The first kappa shape index (κ1) is 17.0. The SMILES string of the molecule is Cl.O=C(C1CCCCC1)N1CCN(CC(O)C2CC2)CC1. The van der Waals surface area contributed by atoms with Gasteiger partial charge >= 0.3 is 0 Å². The molecule has 1 unspecified atom stereocenters. The van der Waals surface area contributed by atoms with E-state index in [9.17, 15) is 9.90 Å². The van der Waals surface area contributed by atoms with Crippen LogP contribution in [0, 0.1) is 11.8 Å². The minimum Gasteiger partial charge on any atom is -0.392 e. The summed E-state index contributed by atoms with van der Waals surface area (Å²) in [7, 11) is 0. The molecule has 0 aromatic carbocycles. The number of halogens is 1. The van der Waals surface area contributed by atoms with E-state index in [2.05, 4.69) is 9.80 Å². The van der Waals surface area contributed by atoms with Gasteiger partial charge in [0.2, 0.25) is 5.91 Å². The molecule has 1 saturated heterocycles. The monoisotopic (exact) mass is 316 g/mol. The molecule has 1 N–H and O–H groups in total. The number of hydrogen-bond acceptors (Lipinski definition) is 3. The molecule has 2 aliphatic carbocycles. The minimum absolute atomic E-state index is 0. The van der Waals surface area contributed by atoms with Crippen molar-refractivity contribution in [3.63, 3.8) is 0 Å². The smallest absolute Gasteiger partial charge is 0.225 e. The van der Waals surface area contributed by atoms with E-state index in [1.165, 1.54) is 32.1 Å². The Labute approximate surface area is 134 Å². The molecule has 3 aliphatic rings. The molecular weight excluding hydrogens is 288 g/mol. The number of aliphatic hydroxyl groups is 1. The van der Waals surface area contributed by atoms with Gasteiger partial charge in [-0.15, -0.1) is 12.4 Å². The van der Waals surface area contributed by atoms with Crippen LogP contribution in [0.4, 0.5) is 0 Å². The predicted molar refractivity (Wildman–Crippen MR) is 85.6 cm³/mol. The summed E-state index contributed by atoms with van der Waals surface area (Å²) in [5, 5.41) is 10.00. The van der Waals surface area contributed by atoms with E-state index in [0.29, 0.717) is 17.7 Å². The zero-order valence-electron chi connectivity index (χ0n) is 12.9. The van der Waals surface area contributed by atoms with Crippen LogP contribution >= 0.6 is 12.4 Å². The number of β-amino-alcohol motifs (C(OH)–C–C–N with tert-alkyl or cyclic N) is 1. The number of hydrogen-bond donors (Lipinski definition) is 1. The second kappa shape index (κ2) is 7.80. The number of rotatable bonds is 4. The first-order valence-electron chi connectivity index (χ1n) is 8.43. The van der Waals surface area contributed by atoms with E-state index in [-0.39, 0.29) is 18.5 Å². The third-order valence-corrected chi connectivity index (χ3v) is 5.25. The normalized spacial score (nSPS) is 26.2. The van der Waals surface area contributed by atoms with Gasteiger partial charge in [-0.2, -0.15) is 0 Å². The second-order valence-electron chi connectivity index (χ2n) is 6.87. The second-order valence-corrected chi connectivity index (χ2v) is 6.87. The van der Waals surface area contributed by atoms with Gasteiger partial charge in [0.15, 0.2) is 0 Å². The number of aliphatic hydroxyl groups excluding tert-OH is 1. The number of piperazine rings is 1. The fraction of sp³-hybridized carbons (Fsp3) is 0.938. The molecule has 122 valence electrons. The van der Waals surface area contributed by atoms with Crippen LogP contribution in [0.2, 0.25) is 0 Å². The summed E-state index contributed by atoms with van der Waals surface area (Å²) >= 11 is 0. The number of carbonyl (C=O) groups is 1. The van der Waals surface area contributed by atoms with Gasteiger partial charge in [0, 0.05) is 38.6 Å². The van der Waals surface area contributed by atoms with Crippen molar-refractivity contribution in [3.8, 4) is 0 Å². The van der Waals surface area contributed by atoms with E-state index in [4.69, 9.17) is 0 Å². The van der Waals surface area contributed by atoms with Gasteiger partial charge in [-0.25, -0.2) is 0 Å². The van der Waals surface area contributed by atoms with Crippen molar-refractivity contribution >= 4 is 18.3 Å². The maximum atomic E-state index is 12.5. The average molecular weight is 317 g/mol. The van der Waals surface area contributed by atoms with Gasteiger partial charge in [-0.1, -0.05) is 19.3 Å². The third-order valence-electron chi connectivity index (χ3n) is 5.25. The molecule has 1 atom stereocenters. The Morgan fingerprint density at radius 2 is 1.62 bits per heavy atom. The van der Waals surface area contributed by atoms with Crippen molar-refractivity contribution in [2.75, 3.05) is 32.7 Å². The maximum Gasteiger partial charge on any atom is 0.225 e. The van der Waals surface area contributed by atoms with Crippen LogP contribution in [0.25, 0.3) is 0 Å². The van der Waals surface area contributed by atoms with Crippen LogP contribution in [0.5, 0.6) is 0 Å². The molecule has 0 aromatic rings. The van der Waals surface area contributed by atoms with E-state index < -0.39 is 0 Å². The molecule has 21 heavy (non-hydrogen) atoms. The lowest BCUT2D eigenvalue weighted by molar-refractivity contribution is -0.138. The van der Waals surface area contributed by atoms with Crippen molar-refractivity contribution in [3.05, 3.63) is 0 Å². The number of amides is 1. The first-order valence-corrected chi connectivity index (χ1v) is 8.43. The molecule has 3 fully saturated rings. The number of carbonyl (C=O) groups excluding carboxylic acids is 1. The van der Waals surface area contributed by atoms with E-state index >= 15 is 0 Å². The van der Waals surface area contributed by atoms with Crippen molar-refractivity contribution in [2.24, 2.45) is 11.8 Å². The van der Waals surface area contributed by atoms with Gasteiger partial charge < -0.3 is 10.0 Å². The van der Waals surface area contributed by atoms with Gasteiger partial charge in [-0.3, -0.25) is 9.69 Å². The van der Waals surface area contributed by atoms with Gasteiger partial charge in [0.1, 0.15) is 0 Å². The Morgan fingerprint density at radius 1 is 1.00 bits per heavy atom. The third kappa shape index (κ3) is 4.57. The Hall–Kier alpha value is -0.320. The van der Waals surface area contributed by atoms with E-state index in [1.807, 2.05) is 0 Å². The van der Waals surface area contributed by atoms with E-state index in [0.717, 1.165) is 45.6 Å². The summed E-state index contributed by atoms with van der Waals surface area (Å²) < 4.78 is 0. The topological polar surface area (TPSA) is 43.8 Å². The molecule has 4 nitrogen and oxygen atoms in total. The molecule has 1 aliphatic heterocycles. The Bertz CT molecular complexity index is 335.